The molecule has 1 aliphatic rings. The second-order valence-corrected chi connectivity index (χ2v) is 7.18. The van der Waals surface area contributed by atoms with Crippen molar-refractivity contribution >= 4 is 46.3 Å². The SMILES string of the molecule is Cl.N=C(N)c1ccc(N2CCN(c3nnc(-c4ccc([N+](=O)[O-])o4)s3)CC2)cc1. The molecule has 10 nitrogen and oxygen atoms in total. The first-order valence-corrected chi connectivity index (χ1v) is 9.35. The van der Waals surface area contributed by atoms with Crippen LogP contribution in [-0.2, 0) is 0 Å². The summed E-state index contributed by atoms with van der Waals surface area (Å²) in [5, 5.41) is 27.8. The molecule has 1 aromatic carbocycles. The van der Waals surface area contributed by atoms with Gasteiger partial charge in [0.2, 0.25) is 5.13 Å². The second kappa shape index (κ2) is 8.45. The zero-order valence-corrected chi connectivity index (χ0v) is 16.8. The van der Waals surface area contributed by atoms with Gasteiger partial charge in [0.25, 0.3) is 0 Å². The highest BCUT2D eigenvalue weighted by molar-refractivity contribution is 7.18. The molecule has 29 heavy (non-hydrogen) atoms. The van der Waals surface area contributed by atoms with Crippen LogP contribution in [0.15, 0.2) is 40.8 Å². The summed E-state index contributed by atoms with van der Waals surface area (Å²) >= 11 is 1.35. The van der Waals surface area contributed by atoms with Gasteiger partial charge in [-0.25, -0.2) is 0 Å². The third-order valence-corrected chi connectivity index (χ3v) is 5.49. The summed E-state index contributed by atoms with van der Waals surface area (Å²) in [7, 11) is 0. The number of nitrogen functional groups attached to an aromatic ring is 1. The highest BCUT2D eigenvalue weighted by atomic mass is 35.5. The van der Waals surface area contributed by atoms with E-state index in [4.69, 9.17) is 15.6 Å². The number of rotatable bonds is 5. The molecule has 4 rings (SSSR count). The standard InChI is InChI=1S/C17H17N7O3S.ClH/c18-15(19)11-1-3-12(4-2-11)22-7-9-23(10-8-22)17-21-20-16(28-17)13-5-6-14(27-13)24(25)26;/h1-6H,7-10H2,(H3,18,19);1H. The smallest absolute Gasteiger partial charge is 0.398 e. The van der Waals surface area contributed by atoms with E-state index in [0.717, 1.165) is 37.0 Å². The van der Waals surface area contributed by atoms with Crippen molar-refractivity contribution in [3.8, 4) is 10.8 Å². The van der Waals surface area contributed by atoms with E-state index < -0.39 is 4.92 Å². The monoisotopic (exact) mass is 435 g/mol. The topological polar surface area (TPSA) is 138 Å². The summed E-state index contributed by atoms with van der Waals surface area (Å²) in [5.41, 5.74) is 7.29. The molecule has 12 heteroatoms. The number of nitrogens with zero attached hydrogens (tertiary/aromatic N) is 5. The lowest BCUT2D eigenvalue weighted by Gasteiger charge is -2.35. The highest BCUT2D eigenvalue weighted by Gasteiger charge is 2.22. The van der Waals surface area contributed by atoms with Gasteiger partial charge in [-0.05, 0) is 30.3 Å². The Morgan fingerprint density at radius 2 is 1.76 bits per heavy atom. The maximum atomic E-state index is 10.7. The van der Waals surface area contributed by atoms with Gasteiger partial charge in [-0.2, -0.15) is 0 Å². The molecule has 3 aromatic rings. The van der Waals surface area contributed by atoms with Crippen LogP contribution in [-0.4, -0.2) is 47.1 Å². The molecule has 0 unspecified atom stereocenters. The first-order valence-electron chi connectivity index (χ1n) is 8.54. The summed E-state index contributed by atoms with van der Waals surface area (Å²) in [6.45, 7) is 3.20. The number of aromatic nitrogens is 2. The van der Waals surface area contributed by atoms with Crippen LogP contribution in [0.5, 0.6) is 0 Å². The number of nitrogens with one attached hydrogen (secondary N) is 1. The third kappa shape index (κ3) is 4.30. The van der Waals surface area contributed by atoms with Crippen LogP contribution in [0.1, 0.15) is 5.56 Å². The molecule has 3 heterocycles. The third-order valence-electron chi connectivity index (χ3n) is 4.49. The van der Waals surface area contributed by atoms with E-state index in [0.29, 0.717) is 16.3 Å². The normalized spacial score (nSPS) is 13.8. The molecule has 0 spiro atoms. The number of hydrogen-bond donors (Lipinski definition) is 2. The predicted molar refractivity (Wildman–Crippen MR) is 113 cm³/mol. The van der Waals surface area contributed by atoms with Crippen LogP contribution in [0.25, 0.3) is 10.8 Å². The van der Waals surface area contributed by atoms with Crippen molar-refractivity contribution in [2.75, 3.05) is 36.0 Å². The highest BCUT2D eigenvalue weighted by Crippen LogP contribution is 2.32. The van der Waals surface area contributed by atoms with Gasteiger partial charge in [-0.3, -0.25) is 15.5 Å². The van der Waals surface area contributed by atoms with Crippen molar-refractivity contribution in [1.82, 2.24) is 10.2 Å². The molecular weight excluding hydrogens is 418 g/mol. The van der Waals surface area contributed by atoms with Crippen LogP contribution in [0.2, 0.25) is 0 Å². The Morgan fingerprint density at radius 1 is 1.10 bits per heavy atom. The Kier molecular flexibility index (Phi) is 5.99. The van der Waals surface area contributed by atoms with Crippen LogP contribution >= 0.6 is 23.7 Å². The average molecular weight is 436 g/mol. The van der Waals surface area contributed by atoms with E-state index in [1.807, 2.05) is 24.3 Å². The van der Waals surface area contributed by atoms with Gasteiger partial charge in [0.1, 0.15) is 10.8 Å². The second-order valence-electron chi connectivity index (χ2n) is 6.22. The lowest BCUT2D eigenvalue weighted by molar-refractivity contribution is -0.401. The predicted octanol–water partition coefficient (Wildman–Crippen LogP) is 2.74. The molecule has 0 bridgehead atoms. The van der Waals surface area contributed by atoms with E-state index in [2.05, 4.69) is 20.0 Å². The Hall–Kier alpha value is -3.18. The van der Waals surface area contributed by atoms with Gasteiger partial charge in [0.05, 0.1) is 6.07 Å². The summed E-state index contributed by atoms with van der Waals surface area (Å²) in [5.74, 6) is 0.0983. The summed E-state index contributed by atoms with van der Waals surface area (Å²) in [6.07, 6.45) is 0. The summed E-state index contributed by atoms with van der Waals surface area (Å²) in [6, 6.07) is 10.5. The van der Waals surface area contributed by atoms with Crippen LogP contribution in [0.4, 0.5) is 16.7 Å². The number of piperazine rings is 1. The number of nitro groups is 1. The quantitative estimate of drug-likeness (QED) is 0.270. The fraction of sp³-hybridized carbons (Fsp3) is 0.235. The number of anilines is 2. The molecule has 1 aliphatic heterocycles. The molecule has 2 aromatic heterocycles. The fourth-order valence-corrected chi connectivity index (χ4v) is 3.85. The molecule has 3 N–H and O–H groups in total. The van der Waals surface area contributed by atoms with Crippen molar-refractivity contribution in [2.45, 2.75) is 0 Å². The number of amidine groups is 1. The average Bonchev–Trinajstić information content (AvgIpc) is 3.38. The zero-order valence-electron chi connectivity index (χ0n) is 15.1. The first kappa shape index (κ1) is 20.6. The van der Waals surface area contributed by atoms with Crippen molar-refractivity contribution in [3.05, 3.63) is 52.1 Å². The molecule has 0 atom stereocenters. The number of furan rings is 1. The van der Waals surface area contributed by atoms with Crippen molar-refractivity contribution < 1.29 is 9.34 Å². The first-order chi connectivity index (χ1) is 13.5. The maximum Gasteiger partial charge on any atom is 0.433 e. The number of nitrogens with two attached hydrogens (primary N) is 1. The zero-order chi connectivity index (χ0) is 19.7. The Morgan fingerprint density at radius 3 is 2.34 bits per heavy atom. The molecule has 1 saturated heterocycles. The Labute approximate surface area is 176 Å². The van der Waals surface area contributed by atoms with Gasteiger partial charge in [0.15, 0.2) is 10.8 Å². The minimum atomic E-state index is -0.576. The van der Waals surface area contributed by atoms with Crippen LogP contribution < -0.4 is 15.5 Å². The van der Waals surface area contributed by atoms with Gasteiger partial charge in [-0.15, -0.1) is 22.6 Å². The molecule has 0 aliphatic carbocycles. The van der Waals surface area contributed by atoms with Gasteiger partial charge < -0.3 is 20.0 Å². The number of halogens is 1. The Bertz CT molecular complexity index is 1010. The molecule has 152 valence electrons. The fourth-order valence-electron chi connectivity index (χ4n) is 2.99. The molecular formula is C17H18ClN7O3S. The summed E-state index contributed by atoms with van der Waals surface area (Å²) < 4.78 is 5.19. The molecule has 1 fully saturated rings. The van der Waals surface area contributed by atoms with Crippen LogP contribution in [0.3, 0.4) is 0 Å². The molecule has 0 saturated carbocycles. The van der Waals surface area contributed by atoms with Crippen molar-refractivity contribution in [3.63, 3.8) is 0 Å². The van der Waals surface area contributed by atoms with Gasteiger partial charge in [-0.1, -0.05) is 11.3 Å². The Balaban J connectivity index is 0.00000240. The van der Waals surface area contributed by atoms with Gasteiger partial charge in [0, 0.05) is 37.4 Å². The molecule has 0 amide bonds. The van der Waals surface area contributed by atoms with E-state index in [-0.39, 0.29) is 24.1 Å². The van der Waals surface area contributed by atoms with Crippen molar-refractivity contribution in [1.29, 1.82) is 5.41 Å². The lowest BCUT2D eigenvalue weighted by atomic mass is 10.1. The van der Waals surface area contributed by atoms with E-state index in [9.17, 15) is 10.1 Å². The molecule has 0 radical (unpaired) electrons. The van der Waals surface area contributed by atoms with E-state index in [1.165, 1.54) is 23.5 Å². The minimum Gasteiger partial charge on any atom is -0.398 e. The maximum absolute atomic E-state index is 10.7. The van der Waals surface area contributed by atoms with E-state index in [1.54, 1.807) is 0 Å². The summed E-state index contributed by atoms with van der Waals surface area (Å²) in [4.78, 5) is 14.6. The largest absolute Gasteiger partial charge is 0.433 e. The lowest BCUT2D eigenvalue weighted by Crippen LogP contribution is -2.46. The number of benzene rings is 1. The van der Waals surface area contributed by atoms with Crippen molar-refractivity contribution in [2.24, 2.45) is 5.73 Å². The van der Waals surface area contributed by atoms with Crippen LogP contribution in [0, 0.1) is 15.5 Å². The van der Waals surface area contributed by atoms with Gasteiger partial charge >= 0.3 is 5.88 Å². The van der Waals surface area contributed by atoms with E-state index >= 15 is 0 Å². The number of hydrogen-bond acceptors (Lipinski definition) is 9. The minimum absolute atomic E-state index is 0.